The van der Waals surface area contributed by atoms with Crippen molar-refractivity contribution in [1.82, 2.24) is 4.98 Å². The number of benzene rings is 2. The first-order valence-corrected chi connectivity index (χ1v) is 10.1. The fraction of sp³-hybridized carbons (Fsp3) is 0.160. The average Bonchev–Trinajstić information content (AvgIpc) is 3.11. The quantitative estimate of drug-likeness (QED) is 0.483. The molecule has 0 N–H and O–H groups in total. The molecular weight excluding hydrogens is 408 g/mol. The van der Waals surface area contributed by atoms with Crippen molar-refractivity contribution < 1.29 is 18.7 Å². The van der Waals surface area contributed by atoms with Crippen LogP contribution < -0.4 is 19.8 Å². The van der Waals surface area contributed by atoms with Gasteiger partial charge in [0.1, 0.15) is 17.4 Å². The van der Waals surface area contributed by atoms with E-state index in [0.717, 1.165) is 5.56 Å². The molecule has 2 aromatic carbocycles. The number of fused-ring (bicyclic) bond motifs is 2. The summed E-state index contributed by atoms with van der Waals surface area (Å²) in [6.07, 6.45) is 1.60. The van der Waals surface area contributed by atoms with E-state index < -0.39 is 11.9 Å². The highest BCUT2D eigenvalue weighted by Gasteiger charge is 2.45. The number of aromatic nitrogens is 1. The maximum atomic E-state index is 13.7. The van der Waals surface area contributed by atoms with E-state index >= 15 is 0 Å². The van der Waals surface area contributed by atoms with E-state index in [1.807, 2.05) is 19.1 Å². The summed E-state index contributed by atoms with van der Waals surface area (Å²) < 4.78 is 17.1. The number of pyridine rings is 1. The Morgan fingerprint density at radius 3 is 2.56 bits per heavy atom. The molecule has 0 spiro atoms. The number of rotatable bonds is 4. The first-order chi connectivity index (χ1) is 15.5. The molecule has 7 nitrogen and oxygen atoms in total. The summed E-state index contributed by atoms with van der Waals surface area (Å²) in [5.41, 5.74) is 1.89. The Morgan fingerprint density at radius 2 is 1.84 bits per heavy atom. The van der Waals surface area contributed by atoms with Gasteiger partial charge in [0.25, 0.3) is 5.91 Å². The normalized spacial score (nSPS) is 15.2. The maximum absolute atomic E-state index is 13.7. The van der Waals surface area contributed by atoms with E-state index in [4.69, 9.17) is 13.9 Å². The Bertz CT molecular complexity index is 1410. The molecule has 32 heavy (non-hydrogen) atoms. The number of methoxy groups -OCH3 is 2. The number of anilines is 1. The van der Waals surface area contributed by atoms with Crippen LogP contribution in [0.25, 0.3) is 11.0 Å². The van der Waals surface area contributed by atoms with Crippen LogP contribution in [0.1, 0.15) is 33.3 Å². The van der Waals surface area contributed by atoms with Crippen molar-refractivity contribution in [2.24, 2.45) is 0 Å². The Hall–Kier alpha value is -4.13. The lowest BCUT2D eigenvalue weighted by Gasteiger charge is -2.26. The van der Waals surface area contributed by atoms with Crippen LogP contribution in [-0.4, -0.2) is 25.1 Å². The minimum atomic E-state index is -0.793. The fourth-order valence-electron chi connectivity index (χ4n) is 4.24. The number of aryl methyl sites for hydroxylation is 1. The minimum Gasteiger partial charge on any atom is -0.493 e. The van der Waals surface area contributed by atoms with Gasteiger partial charge in [0, 0.05) is 11.8 Å². The summed E-state index contributed by atoms with van der Waals surface area (Å²) in [4.78, 5) is 33.1. The SMILES string of the molecule is COc1cccc(C2c3c(oc4ccc(C)cc4c3=O)C(=O)N2c2ccccn2)c1OC. The van der Waals surface area contributed by atoms with Crippen molar-refractivity contribution in [3.8, 4) is 11.5 Å². The summed E-state index contributed by atoms with van der Waals surface area (Å²) in [6, 6.07) is 15.2. The monoisotopic (exact) mass is 428 g/mol. The lowest BCUT2D eigenvalue weighted by Crippen LogP contribution is -2.30. The molecule has 160 valence electrons. The molecule has 4 aromatic rings. The third-order valence-corrected chi connectivity index (χ3v) is 5.65. The zero-order valence-corrected chi connectivity index (χ0v) is 17.8. The first kappa shape index (κ1) is 19.8. The molecule has 0 aliphatic carbocycles. The number of hydrogen-bond donors (Lipinski definition) is 0. The van der Waals surface area contributed by atoms with Crippen LogP contribution in [0.5, 0.6) is 11.5 Å². The molecule has 0 fully saturated rings. The average molecular weight is 428 g/mol. The largest absolute Gasteiger partial charge is 0.493 e. The number of carbonyl (C=O) groups is 1. The molecular formula is C25H20N2O5. The number of nitrogens with zero attached hydrogens (tertiary/aromatic N) is 2. The summed E-state index contributed by atoms with van der Waals surface area (Å²) >= 11 is 0. The second kappa shape index (κ2) is 7.53. The van der Waals surface area contributed by atoms with E-state index in [1.54, 1.807) is 48.7 Å². The van der Waals surface area contributed by atoms with Crippen molar-refractivity contribution in [2.75, 3.05) is 19.1 Å². The topological polar surface area (TPSA) is 81.9 Å². The molecule has 5 rings (SSSR count). The Kier molecular flexibility index (Phi) is 4.66. The molecule has 1 unspecified atom stereocenters. The highest BCUT2D eigenvalue weighted by molar-refractivity contribution is 6.10. The summed E-state index contributed by atoms with van der Waals surface area (Å²) in [7, 11) is 3.06. The van der Waals surface area contributed by atoms with E-state index in [2.05, 4.69) is 4.98 Å². The van der Waals surface area contributed by atoms with Crippen LogP contribution >= 0.6 is 0 Å². The number of ether oxygens (including phenoxy) is 2. The van der Waals surface area contributed by atoms with Gasteiger partial charge in [-0.1, -0.05) is 29.8 Å². The number of amides is 1. The predicted molar refractivity (Wildman–Crippen MR) is 120 cm³/mol. The van der Waals surface area contributed by atoms with Crippen LogP contribution in [0, 0.1) is 6.92 Å². The van der Waals surface area contributed by atoms with Crippen molar-refractivity contribution in [2.45, 2.75) is 13.0 Å². The molecule has 1 aliphatic rings. The Morgan fingerprint density at radius 1 is 1.00 bits per heavy atom. The second-order valence-corrected chi connectivity index (χ2v) is 7.52. The molecule has 0 bridgehead atoms. The van der Waals surface area contributed by atoms with Gasteiger partial charge in [-0.2, -0.15) is 0 Å². The van der Waals surface area contributed by atoms with Crippen LogP contribution in [-0.2, 0) is 0 Å². The zero-order chi connectivity index (χ0) is 22.4. The summed E-state index contributed by atoms with van der Waals surface area (Å²) in [5.74, 6) is 0.900. The van der Waals surface area contributed by atoms with Gasteiger partial charge < -0.3 is 13.9 Å². The van der Waals surface area contributed by atoms with Crippen molar-refractivity contribution in [3.63, 3.8) is 0 Å². The predicted octanol–water partition coefficient (Wildman–Crippen LogP) is 4.26. The van der Waals surface area contributed by atoms with Gasteiger partial charge in [-0.15, -0.1) is 0 Å². The molecule has 1 atom stereocenters. The molecule has 1 amide bonds. The fourth-order valence-corrected chi connectivity index (χ4v) is 4.24. The smallest absolute Gasteiger partial charge is 0.296 e. The van der Waals surface area contributed by atoms with Gasteiger partial charge in [0.15, 0.2) is 16.9 Å². The number of para-hydroxylation sites is 1. The third kappa shape index (κ3) is 2.85. The molecule has 0 saturated heterocycles. The van der Waals surface area contributed by atoms with Gasteiger partial charge in [-0.25, -0.2) is 4.98 Å². The number of hydrogen-bond acceptors (Lipinski definition) is 6. The summed E-state index contributed by atoms with van der Waals surface area (Å²) in [6.45, 7) is 1.90. The third-order valence-electron chi connectivity index (χ3n) is 5.65. The second-order valence-electron chi connectivity index (χ2n) is 7.52. The standard InChI is InChI=1S/C25H20N2O5/c1-14-10-11-17-16(13-14)22(28)20-21(15-7-6-8-18(30-2)23(15)31-3)27(25(29)24(20)32-17)19-9-4-5-12-26-19/h4-13,21H,1-3H3. The van der Waals surface area contributed by atoms with E-state index in [1.165, 1.54) is 19.1 Å². The van der Waals surface area contributed by atoms with Crippen LogP contribution in [0.3, 0.4) is 0 Å². The lowest BCUT2D eigenvalue weighted by molar-refractivity contribution is 0.0970. The molecule has 2 aromatic heterocycles. The van der Waals surface area contributed by atoms with Gasteiger partial charge in [0.2, 0.25) is 5.76 Å². The van der Waals surface area contributed by atoms with Crippen LogP contribution in [0.4, 0.5) is 5.82 Å². The van der Waals surface area contributed by atoms with Gasteiger partial charge in [-0.05, 0) is 37.3 Å². The molecule has 0 radical (unpaired) electrons. The first-order valence-electron chi connectivity index (χ1n) is 10.1. The highest BCUT2D eigenvalue weighted by atomic mass is 16.5. The zero-order valence-electron chi connectivity index (χ0n) is 17.8. The van der Waals surface area contributed by atoms with E-state index in [-0.39, 0.29) is 16.8 Å². The maximum Gasteiger partial charge on any atom is 0.296 e. The Labute approximate surface area is 183 Å². The lowest BCUT2D eigenvalue weighted by atomic mass is 9.97. The van der Waals surface area contributed by atoms with Crippen LogP contribution in [0.15, 0.2) is 70.0 Å². The van der Waals surface area contributed by atoms with Gasteiger partial charge in [-0.3, -0.25) is 14.5 Å². The van der Waals surface area contributed by atoms with E-state index in [9.17, 15) is 9.59 Å². The molecule has 7 heteroatoms. The summed E-state index contributed by atoms with van der Waals surface area (Å²) in [5, 5.41) is 0.422. The van der Waals surface area contributed by atoms with Crippen LogP contribution in [0.2, 0.25) is 0 Å². The van der Waals surface area contributed by atoms with Crippen molar-refractivity contribution in [1.29, 1.82) is 0 Å². The van der Waals surface area contributed by atoms with E-state index in [0.29, 0.717) is 33.8 Å². The van der Waals surface area contributed by atoms with Crippen molar-refractivity contribution in [3.05, 3.63) is 93.5 Å². The minimum absolute atomic E-state index is 0.00637. The highest BCUT2D eigenvalue weighted by Crippen LogP contribution is 2.45. The molecule has 1 aliphatic heterocycles. The van der Waals surface area contributed by atoms with Crippen molar-refractivity contribution >= 4 is 22.7 Å². The van der Waals surface area contributed by atoms with Gasteiger partial charge in [0.05, 0.1) is 25.2 Å². The Balaban J connectivity index is 1.87. The molecule has 3 heterocycles. The van der Waals surface area contributed by atoms with Gasteiger partial charge >= 0.3 is 0 Å². The molecule has 0 saturated carbocycles. The number of carbonyl (C=O) groups excluding carboxylic acids is 1.